The van der Waals surface area contributed by atoms with Crippen molar-refractivity contribution in [1.29, 1.82) is 0 Å². The van der Waals surface area contributed by atoms with Crippen LogP contribution in [0.15, 0.2) is 91.0 Å². The maximum Gasteiger partial charge on any atom is 0.408 e. The molecule has 0 saturated carbocycles. The van der Waals surface area contributed by atoms with E-state index in [0.717, 1.165) is 16.7 Å². The van der Waals surface area contributed by atoms with E-state index in [2.05, 4.69) is 10.6 Å². The number of ether oxygens (including phenoxy) is 6. The molecule has 12 nitrogen and oxygen atoms in total. The first-order valence-electron chi connectivity index (χ1n) is 18.0. The Balaban J connectivity index is 1.64. The molecule has 1 aliphatic heterocycles. The van der Waals surface area contributed by atoms with Crippen LogP contribution >= 0.6 is 0 Å². The summed E-state index contributed by atoms with van der Waals surface area (Å²) in [5, 5.41) is 5.44. The minimum Gasteiger partial charge on any atom is -0.464 e. The molecule has 0 aliphatic carbocycles. The van der Waals surface area contributed by atoms with Gasteiger partial charge in [0.25, 0.3) is 0 Å². The summed E-state index contributed by atoms with van der Waals surface area (Å²) < 4.78 is 36.4. The summed E-state index contributed by atoms with van der Waals surface area (Å²) in [5.74, 6) is -1.53. The molecule has 2 N–H and O–H groups in total. The number of amides is 2. The van der Waals surface area contributed by atoms with E-state index in [0.29, 0.717) is 0 Å². The fourth-order valence-corrected chi connectivity index (χ4v) is 5.91. The van der Waals surface area contributed by atoms with Gasteiger partial charge in [-0.1, -0.05) is 91.0 Å². The molecule has 0 radical (unpaired) electrons. The van der Waals surface area contributed by atoms with Crippen molar-refractivity contribution in [3.63, 3.8) is 0 Å². The van der Waals surface area contributed by atoms with Crippen LogP contribution in [0.25, 0.3) is 0 Å². The maximum atomic E-state index is 14.2. The van der Waals surface area contributed by atoms with Crippen molar-refractivity contribution in [1.82, 2.24) is 10.6 Å². The SMILES string of the molecule is CCOC(=O)[C@@H](CCC(=O)[C@H]1O[C@H](COCc2ccccc2)[C@@H](OCc2ccccc2)[C@H](OCc2ccccc2)[C@H]1NC(C)=O)NC(=O)OC(C)(C)C. The van der Waals surface area contributed by atoms with E-state index in [4.69, 9.17) is 28.4 Å². The number of nitrogens with one attached hydrogen (secondary N) is 2. The molecule has 0 aromatic heterocycles. The van der Waals surface area contributed by atoms with Gasteiger partial charge in [-0.3, -0.25) is 9.59 Å². The summed E-state index contributed by atoms with van der Waals surface area (Å²) >= 11 is 0. The van der Waals surface area contributed by atoms with Crippen molar-refractivity contribution >= 4 is 23.8 Å². The van der Waals surface area contributed by atoms with Crippen molar-refractivity contribution in [2.45, 2.75) is 109 Å². The normalized spacial score (nSPS) is 20.5. The van der Waals surface area contributed by atoms with Crippen LogP contribution in [0.3, 0.4) is 0 Å². The molecule has 3 aromatic rings. The molecular weight excluding hydrogens is 680 g/mol. The summed E-state index contributed by atoms with van der Waals surface area (Å²) in [7, 11) is 0. The zero-order valence-electron chi connectivity index (χ0n) is 31.2. The third-order valence-corrected chi connectivity index (χ3v) is 8.28. The van der Waals surface area contributed by atoms with Crippen LogP contribution < -0.4 is 10.6 Å². The highest BCUT2D eigenvalue weighted by molar-refractivity contribution is 5.87. The number of Topliss-reactive ketones (excluding diaryl/α,β-unsaturated/α-hetero) is 1. The molecule has 1 heterocycles. The molecule has 4 rings (SSSR count). The highest BCUT2D eigenvalue weighted by Gasteiger charge is 2.50. The van der Waals surface area contributed by atoms with Crippen molar-refractivity contribution in [3.8, 4) is 0 Å². The van der Waals surface area contributed by atoms with Gasteiger partial charge in [-0.15, -0.1) is 0 Å². The van der Waals surface area contributed by atoms with Gasteiger partial charge in [-0.05, 0) is 50.8 Å². The van der Waals surface area contributed by atoms with Crippen LogP contribution in [0, 0.1) is 0 Å². The summed E-state index contributed by atoms with van der Waals surface area (Å²) in [6.45, 7) is 8.87. The fourth-order valence-electron chi connectivity index (χ4n) is 5.91. The number of rotatable bonds is 18. The van der Waals surface area contributed by atoms with E-state index >= 15 is 0 Å². The zero-order chi connectivity index (χ0) is 38.2. The standard InChI is InChI=1S/C41H52N2O10/c1-6-49-39(46)32(43-40(47)53-41(3,4)5)22-23-33(45)36-35(42-28(2)44)38(51-26-31-20-14-9-15-21-31)37(50-25-30-18-12-8-13-19-30)34(52-36)27-48-24-29-16-10-7-11-17-29/h7-21,32,34-38H,6,22-27H2,1-5H3,(H,42,44)(H,43,47)/t32-,34-,35+,36-,37-,38-/m1/s1. The number of hydrogen-bond acceptors (Lipinski definition) is 10. The number of benzene rings is 3. The van der Waals surface area contributed by atoms with Gasteiger partial charge in [-0.2, -0.15) is 0 Å². The third kappa shape index (κ3) is 13.7. The average molecular weight is 733 g/mol. The number of hydrogen-bond donors (Lipinski definition) is 2. The first-order chi connectivity index (χ1) is 25.4. The van der Waals surface area contributed by atoms with Gasteiger partial charge in [0.15, 0.2) is 5.78 Å². The van der Waals surface area contributed by atoms with Gasteiger partial charge in [0.1, 0.15) is 36.1 Å². The largest absolute Gasteiger partial charge is 0.464 e. The van der Waals surface area contributed by atoms with E-state index in [1.165, 1.54) is 6.92 Å². The van der Waals surface area contributed by atoms with E-state index in [-0.39, 0.29) is 45.9 Å². The lowest BCUT2D eigenvalue weighted by Crippen LogP contribution is -2.67. The minimum atomic E-state index is -1.22. The van der Waals surface area contributed by atoms with Crippen LogP contribution in [0.4, 0.5) is 4.79 Å². The molecule has 1 saturated heterocycles. The number of carbonyl (C=O) groups excluding carboxylic acids is 4. The van der Waals surface area contributed by atoms with Crippen molar-refractivity contribution in [2.75, 3.05) is 13.2 Å². The van der Waals surface area contributed by atoms with Crippen molar-refractivity contribution < 1.29 is 47.6 Å². The van der Waals surface area contributed by atoms with Gasteiger partial charge >= 0.3 is 12.1 Å². The van der Waals surface area contributed by atoms with Gasteiger partial charge in [0.05, 0.1) is 39.1 Å². The van der Waals surface area contributed by atoms with Crippen LogP contribution in [0.5, 0.6) is 0 Å². The monoisotopic (exact) mass is 732 g/mol. The number of alkyl carbamates (subject to hydrolysis) is 1. The van der Waals surface area contributed by atoms with Crippen LogP contribution in [0.1, 0.15) is 64.2 Å². The van der Waals surface area contributed by atoms with Crippen LogP contribution in [-0.2, 0) is 62.6 Å². The number of esters is 1. The highest BCUT2D eigenvalue weighted by Crippen LogP contribution is 2.30. The smallest absolute Gasteiger partial charge is 0.408 e. The summed E-state index contributed by atoms with van der Waals surface area (Å²) in [4.78, 5) is 52.5. The Bertz CT molecular complexity index is 1580. The molecular formula is C41H52N2O10. The number of ketones is 1. The van der Waals surface area contributed by atoms with Gasteiger partial charge < -0.3 is 39.1 Å². The Morgan fingerprint density at radius 3 is 1.81 bits per heavy atom. The van der Waals surface area contributed by atoms with Crippen LogP contribution in [0.2, 0.25) is 0 Å². The van der Waals surface area contributed by atoms with Gasteiger partial charge in [0, 0.05) is 13.3 Å². The maximum absolute atomic E-state index is 14.2. The molecule has 53 heavy (non-hydrogen) atoms. The summed E-state index contributed by atoms with van der Waals surface area (Å²) in [6.07, 6.45) is -4.81. The van der Waals surface area contributed by atoms with Crippen LogP contribution in [-0.4, -0.2) is 79.1 Å². The predicted octanol–water partition coefficient (Wildman–Crippen LogP) is 5.45. The van der Waals surface area contributed by atoms with E-state index in [1.807, 2.05) is 91.0 Å². The zero-order valence-corrected chi connectivity index (χ0v) is 31.2. The summed E-state index contributed by atoms with van der Waals surface area (Å²) in [6, 6.07) is 26.7. The Hall–Kier alpha value is -4.62. The third-order valence-electron chi connectivity index (χ3n) is 8.28. The Kier molecular flexibility index (Phi) is 16.0. The van der Waals surface area contributed by atoms with E-state index < -0.39 is 65.9 Å². The van der Waals surface area contributed by atoms with Crippen molar-refractivity contribution in [2.24, 2.45) is 0 Å². The Labute approximate surface area is 311 Å². The topological polar surface area (TPSA) is 148 Å². The minimum absolute atomic E-state index is 0.0434. The highest BCUT2D eigenvalue weighted by atomic mass is 16.6. The van der Waals surface area contributed by atoms with E-state index in [9.17, 15) is 19.2 Å². The predicted molar refractivity (Wildman–Crippen MR) is 196 cm³/mol. The average Bonchev–Trinajstić information content (AvgIpc) is 3.12. The van der Waals surface area contributed by atoms with E-state index in [1.54, 1.807) is 27.7 Å². The molecule has 1 fully saturated rings. The first kappa shape index (κ1) is 41.1. The second-order valence-electron chi connectivity index (χ2n) is 13.8. The lowest BCUT2D eigenvalue weighted by Gasteiger charge is -2.46. The Morgan fingerprint density at radius 1 is 0.774 bits per heavy atom. The quantitative estimate of drug-likeness (QED) is 0.162. The second kappa shape index (κ2) is 20.6. The second-order valence-corrected chi connectivity index (χ2v) is 13.8. The Morgan fingerprint density at radius 2 is 1.30 bits per heavy atom. The summed E-state index contributed by atoms with van der Waals surface area (Å²) in [5.41, 5.74) is 1.93. The molecule has 0 unspecified atom stereocenters. The molecule has 1 aliphatic rings. The number of carbonyl (C=O) groups is 4. The molecule has 6 atom stereocenters. The molecule has 2 amide bonds. The molecule has 12 heteroatoms. The molecule has 0 spiro atoms. The molecule has 286 valence electrons. The molecule has 3 aromatic carbocycles. The fraction of sp³-hybridized carbons (Fsp3) is 0.463. The lowest BCUT2D eigenvalue weighted by molar-refractivity contribution is -0.230. The van der Waals surface area contributed by atoms with Crippen molar-refractivity contribution in [3.05, 3.63) is 108 Å². The lowest BCUT2D eigenvalue weighted by atomic mass is 9.88. The van der Waals surface area contributed by atoms with Gasteiger partial charge in [-0.25, -0.2) is 9.59 Å². The first-order valence-corrected chi connectivity index (χ1v) is 18.0. The van der Waals surface area contributed by atoms with Gasteiger partial charge in [0.2, 0.25) is 5.91 Å². The molecule has 0 bridgehead atoms.